The van der Waals surface area contributed by atoms with Gasteiger partial charge in [-0.05, 0) is 17.7 Å². The van der Waals surface area contributed by atoms with E-state index in [2.05, 4.69) is 4.98 Å². The number of hydrogen-bond donors (Lipinski definition) is 2. The predicted molar refractivity (Wildman–Crippen MR) is 73.1 cm³/mol. The summed E-state index contributed by atoms with van der Waals surface area (Å²) >= 11 is 1.45. The third kappa shape index (κ3) is 2.48. The predicted octanol–water partition coefficient (Wildman–Crippen LogP) is 1.49. The van der Waals surface area contributed by atoms with Gasteiger partial charge in [-0.1, -0.05) is 13.0 Å². The van der Waals surface area contributed by atoms with E-state index in [1.165, 1.54) is 11.3 Å². The maximum absolute atomic E-state index is 11.5. The monoisotopic (exact) mass is 275 g/mol. The van der Waals surface area contributed by atoms with Gasteiger partial charge in [-0.25, -0.2) is 4.98 Å². The van der Waals surface area contributed by atoms with Crippen LogP contribution in [0.15, 0.2) is 29.8 Å². The summed E-state index contributed by atoms with van der Waals surface area (Å²) in [6.45, 7) is 1.87. The Hall–Kier alpha value is -2.21. The fourth-order valence-corrected chi connectivity index (χ4v) is 2.74. The summed E-state index contributed by atoms with van der Waals surface area (Å²) in [5.41, 5.74) is 11.9. The van der Waals surface area contributed by atoms with Crippen molar-refractivity contribution in [3.05, 3.63) is 51.5 Å². The lowest BCUT2D eigenvalue weighted by molar-refractivity contribution is 0.0999. The SMILES string of the molecule is CC(c1nccs1)c1c(C(N)=O)cccc1C(N)=O. The smallest absolute Gasteiger partial charge is 0.249 e. The molecule has 1 aromatic heterocycles. The number of rotatable bonds is 4. The first-order valence-electron chi connectivity index (χ1n) is 5.64. The number of hydrogen-bond acceptors (Lipinski definition) is 4. The summed E-state index contributed by atoms with van der Waals surface area (Å²) in [6, 6.07) is 4.78. The van der Waals surface area contributed by atoms with E-state index in [0.717, 1.165) is 5.01 Å². The molecule has 2 amide bonds. The van der Waals surface area contributed by atoms with Gasteiger partial charge in [0, 0.05) is 28.6 Å². The molecule has 1 atom stereocenters. The van der Waals surface area contributed by atoms with E-state index < -0.39 is 11.8 Å². The average molecular weight is 275 g/mol. The van der Waals surface area contributed by atoms with Gasteiger partial charge in [0.15, 0.2) is 0 Å². The van der Waals surface area contributed by atoms with E-state index in [-0.39, 0.29) is 5.92 Å². The molecule has 0 saturated heterocycles. The molecule has 1 unspecified atom stereocenters. The van der Waals surface area contributed by atoms with E-state index in [1.807, 2.05) is 12.3 Å². The molecule has 1 heterocycles. The Morgan fingerprint density at radius 2 is 1.79 bits per heavy atom. The zero-order valence-electron chi connectivity index (χ0n) is 10.3. The van der Waals surface area contributed by atoms with Crippen molar-refractivity contribution >= 4 is 23.2 Å². The average Bonchev–Trinajstić information content (AvgIpc) is 2.90. The highest BCUT2D eigenvalue weighted by atomic mass is 32.1. The molecular weight excluding hydrogens is 262 g/mol. The molecule has 0 bridgehead atoms. The summed E-state index contributed by atoms with van der Waals surface area (Å²) in [5, 5.41) is 2.64. The van der Waals surface area contributed by atoms with Crippen molar-refractivity contribution in [3.8, 4) is 0 Å². The largest absolute Gasteiger partial charge is 0.366 e. The van der Waals surface area contributed by atoms with Crippen LogP contribution in [0, 0.1) is 0 Å². The van der Waals surface area contributed by atoms with Crippen LogP contribution in [0.2, 0.25) is 0 Å². The summed E-state index contributed by atoms with van der Waals surface area (Å²) in [6.07, 6.45) is 1.67. The van der Waals surface area contributed by atoms with Gasteiger partial charge in [-0.15, -0.1) is 11.3 Å². The van der Waals surface area contributed by atoms with E-state index in [0.29, 0.717) is 16.7 Å². The zero-order chi connectivity index (χ0) is 14.0. The topological polar surface area (TPSA) is 99.1 Å². The van der Waals surface area contributed by atoms with Crippen LogP contribution in [0.25, 0.3) is 0 Å². The highest BCUT2D eigenvalue weighted by molar-refractivity contribution is 7.09. The number of carbonyl (C=O) groups is 2. The Morgan fingerprint density at radius 1 is 1.21 bits per heavy atom. The summed E-state index contributed by atoms with van der Waals surface area (Å²) in [4.78, 5) is 27.3. The molecule has 0 spiro atoms. The maximum atomic E-state index is 11.5. The maximum Gasteiger partial charge on any atom is 0.249 e. The molecular formula is C13H13N3O2S. The van der Waals surface area contributed by atoms with Gasteiger partial charge in [-0.3, -0.25) is 9.59 Å². The number of carbonyl (C=O) groups excluding carboxylic acids is 2. The van der Waals surface area contributed by atoms with Crippen LogP contribution < -0.4 is 11.5 Å². The van der Waals surface area contributed by atoms with Gasteiger partial charge >= 0.3 is 0 Å². The lowest BCUT2D eigenvalue weighted by Gasteiger charge is -2.16. The second-order valence-electron chi connectivity index (χ2n) is 4.09. The Kier molecular flexibility index (Phi) is 3.62. The number of aromatic nitrogens is 1. The second kappa shape index (κ2) is 5.19. The van der Waals surface area contributed by atoms with Gasteiger partial charge < -0.3 is 11.5 Å². The van der Waals surface area contributed by atoms with Gasteiger partial charge in [0.1, 0.15) is 0 Å². The van der Waals surface area contributed by atoms with Crippen molar-refractivity contribution in [2.75, 3.05) is 0 Å². The summed E-state index contributed by atoms with van der Waals surface area (Å²) < 4.78 is 0. The van der Waals surface area contributed by atoms with Crippen molar-refractivity contribution < 1.29 is 9.59 Å². The van der Waals surface area contributed by atoms with Crippen LogP contribution in [0.4, 0.5) is 0 Å². The molecule has 19 heavy (non-hydrogen) atoms. The van der Waals surface area contributed by atoms with Crippen molar-refractivity contribution in [2.45, 2.75) is 12.8 Å². The Balaban J connectivity index is 2.65. The number of thiazole rings is 1. The zero-order valence-corrected chi connectivity index (χ0v) is 11.1. The first kappa shape index (κ1) is 13.2. The Bertz CT molecular complexity index is 591. The molecule has 0 radical (unpaired) electrons. The molecule has 4 N–H and O–H groups in total. The third-order valence-electron chi connectivity index (χ3n) is 2.89. The fourth-order valence-electron chi connectivity index (χ4n) is 2.03. The highest BCUT2D eigenvalue weighted by Crippen LogP contribution is 2.30. The number of benzene rings is 1. The Morgan fingerprint density at radius 3 is 2.21 bits per heavy atom. The lowest BCUT2D eigenvalue weighted by atomic mass is 9.90. The first-order chi connectivity index (χ1) is 9.02. The quantitative estimate of drug-likeness (QED) is 0.884. The van der Waals surface area contributed by atoms with Crippen LogP contribution in [0.1, 0.15) is 44.1 Å². The Labute approximate surface area is 114 Å². The number of amides is 2. The van der Waals surface area contributed by atoms with Crippen molar-refractivity contribution in [1.82, 2.24) is 4.98 Å². The standard InChI is InChI=1S/C13H13N3O2S/c1-7(13-16-5-6-19-13)10-8(11(14)17)3-2-4-9(10)12(15)18/h2-7H,1H3,(H2,14,17)(H2,15,18). The minimum Gasteiger partial charge on any atom is -0.366 e. The van der Waals surface area contributed by atoms with E-state index in [4.69, 9.17) is 11.5 Å². The van der Waals surface area contributed by atoms with E-state index in [9.17, 15) is 9.59 Å². The van der Waals surface area contributed by atoms with Crippen molar-refractivity contribution in [2.24, 2.45) is 11.5 Å². The number of primary amides is 2. The van der Waals surface area contributed by atoms with E-state index in [1.54, 1.807) is 24.4 Å². The van der Waals surface area contributed by atoms with Gasteiger partial charge in [0.05, 0.1) is 5.01 Å². The molecule has 0 aliphatic rings. The van der Waals surface area contributed by atoms with Crippen LogP contribution in [-0.2, 0) is 0 Å². The minimum absolute atomic E-state index is 0.216. The van der Waals surface area contributed by atoms with Gasteiger partial charge in [0.2, 0.25) is 11.8 Å². The summed E-state index contributed by atoms with van der Waals surface area (Å²) in [5.74, 6) is -1.38. The highest BCUT2D eigenvalue weighted by Gasteiger charge is 2.23. The molecule has 0 aliphatic heterocycles. The van der Waals surface area contributed by atoms with Crippen molar-refractivity contribution in [3.63, 3.8) is 0 Å². The molecule has 1 aromatic carbocycles. The molecule has 2 rings (SSSR count). The molecule has 0 fully saturated rings. The van der Waals surface area contributed by atoms with Crippen LogP contribution in [-0.4, -0.2) is 16.8 Å². The molecule has 0 saturated carbocycles. The normalized spacial score (nSPS) is 12.1. The molecule has 2 aromatic rings. The molecule has 98 valence electrons. The van der Waals surface area contributed by atoms with Gasteiger partial charge in [0.25, 0.3) is 0 Å². The first-order valence-corrected chi connectivity index (χ1v) is 6.52. The molecule has 5 nitrogen and oxygen atoms in total. The third-order valence-corrected chi connectivity index (χ3v) is 3.85. The molecule has 0 aliphatic carbocycles. The van der Waals surface area contributed by atoms with Crippen LogP contribution in [0.5, 0.6) is 0 Å². The van der Waals surface area contributed by atoms with Crippen LogP contribution in [0.3, 0.4) is 0 Å². The van der Waals surface area contributed by atoms with Gasteiger partial charge in [-0.2, -0.15) is 0 Å². The summed E-state index contributed by atoms with van der Waals surface area (Å²) in [7, 11) is 0. The van der Waals surface area contributed by atoms with E-state index >= 15 is 0 Å². The fraction of sp³-hybridized carbons (Fsp3) is 0.154. The van der Waals surface area contributed by atoms with Crippen LogP contribution >= 0.6 is 11.3 Å². The molecule has 6 heteroatoms. The lowest BCUT2D eigenvalue weighted by Crippen LogP contribution is -2.21. The number of nitrogens with zero attached hydrogens (tertiary/aromatic N) is 1. The van der Waals surface area contributed by atoms with Crippen molar-refractivity contribution in [1.29, 1.82) is 0 Å². The number of nitrogens with two attached hydrogens (primary N) is 2. The second-order valence-corrected chi connectivity index (χ2v) is 5.01. The minimum atomic E-state index is -0.582.